The summed E-state index contributed by atoms with van der Waals surface area (Å²) in [4.78, 5) is 22.9. The number of thiazole rings is 1. The molecule has 1 amide bonds. The van der Waals surface area contributed by atoms with Crippen LogP contribution in [0.4, 0.5) is 0 Å². The molecule has 1 aliphatic carbocycles. The van der Waals surface area contributed by atoms with Gasteiger partial charge in [0.25, 0.3) is 0 Å². The number of amides is 1. The Labute approximate surface area is 215 Å². The highest BCUT2D eigenvalue weighted by Crippen LogP contribution is 2.44. The summed E-state index contributed by atoms with van der Waals surface area (Å²) in [5.74, 6) is 1.55. The van der Waals surface area contributed by atoms with Crippen LogP contribution in [0.5, 0.6) is 0 Å². The average Bonchev–Trinajstić information content (AvgIpc) is 3.47. The number of benzene rings is 1. The number of rotatable bonds is 6. The summed E-state index contributed by atoms with van der Waals surface area (Å²) >= 11 is 1.78. The first-order valence-electron chi connectivity index (χ1n) is 13.7. The number of hydrogen-bond donors (Lipinski definition) is 2. The van der Waals surface area contributed by atoms with Gasteiger partial charge in [0.15, 0.2) is 0 Å². The normalized spacial score (nSPS) is 30.0. The number of hydrogen-bond acceptors (Lipinski definition) is 5. The second-order valence-corrected chi connectivity index (χ2v) is 12.5. The minimum atomic E-state index is -0.206. The van der Waals surface area contributed by atoms with Crippen LogP contribution in [0.15, 0.2) is 30.3 Å². The molecule has 2 aromatic rings. The molecule has 2 N–H and O–H groups in total. The molecule has 1 aromatic carbocycles. The largest absolute Gasteiger partial charge is 0.339 e. The average molecular weight is 495 g/mol. The van der Waals surface area contributed by atoms with Crippen molar-refractivity contribution in [1.82, 2.24) is 20.5 Å². The summed E-state index contributed by atoms with van der Waals surface area (Å²) in [5, 5.41) is 7.98. The van der Waals surface area contributed by atoms with Crippen LogP contribution in [-0.4, -0.2) is 48.5 Å². The fourth-order valence-electron chi connectivity index (χ4n) is 7.09. The number of carbonyl (C=O) groups excluding carboxylic acids is 1. The number of likely N-dealkylation sites (tertiary alicyclic amines) is 1. The molecule has 5 nitrogen and oxygen atoms in total. The summed E-state index contributed by atoms with van der Waals surface area (Å²) in [6.45, 7) is 7.63. The number of nitrogens with zero attached hydrogens (tertiary/aromatic N) is 2. The van der Waals surface area contributed by atoms with Crippen molar-refractivity contribution in [1.29, 1.82) is 0 Å². The Morgan fingerprint density at radius 1 is 1.20 bits per heavy atom. The van der Waals surface area contributed by atoms with Gasteiger partial charge in [0.1, 0.15) is 0 Å². The summed E-state index contributed by atoms with van der Waals surface area (Å²) < 4.78 is 0. The van der Waals surface area contributed by atoms with Crippen LogP contribution >= 0.6 is 11.3 Å². The van der Waals surface area contributed by atoms with Gasteiger partial charge in [-0.25, -0.2) is 4.98 Å². The third kappa shape index (κ3) is 4.94. The number of nitrogens with one attached hydrogen (secondary N) is 2. The van der Waals surface area contributed by atoms with Crippen molar-refractivity contribution in [2.75, 3.05) is 26.7 Å². The maximum absolute atomic E-state index is 14.4. The van der Waals surface area contributed by atoms with Gasteiger partial charge in [-0.1, -0.05) is 56.5 Å². The van der Waals surface area contributed by atoms with E-state index >= 15 is 0 Å². The Balaban J connectivity index is 1.42. The van der Waals surface area contributed by atoms with E-state index in [0.29, 0.717) is 23.8 Å². The predicted octanol–water partition coefficient (Wildman–Crippen LogP) is 5.00. The van der Waals surface area contributed by atoms with Crippen LogP contribution in [-0.2, 0) is 16.8 Å². The van der Waals surface area contributed by atoms with Gasteiger partial charge in [-0.05, 0) is 57.1 Å². The van der Waals surface area contributed by atoms with Crippen molar-refractivity contribution in [3.8, 4) is 0 Å². The van der Waals surface area contributed by atoms with E-state index in [0.717, 1.165) is 49.7 Å². The lowest BCUT2D eigenvalue weighted by Crippen LogP contribution is -2.54. The highest BCUT2D eigenvalue weighted by molar-refractivity contribution is 7.11. The molecular formula is C29H42N4OS. The minimum absolute atomic E-state index is 0.0303. The summed E-state index contributed by atoms with van der Waals surface area (Å²) in [5.41, 5.74) is 2.36. The molecule has 4 atom stereocenters. The van der Waals surface area contributed by atoms with Crippen LogP contribution in [0.2, 0.25) is 0 Å². The molecular weight excluding hydrogens is 452 g/mol. The number of aryl methyl sites for hydroxylation is 1. The van der Waals surface area contributed by atoms with Crippen molar-refractivity contribution < 1.29 is 4.79 Å². The van der Waals surface area contributed by atoms with Crippen molar-refractivity contribution in [3.05, 3.63) is 51.5 Å². The van der Waals surface area contributed by atoms with E-state index in [1.807, 2.05) is 7.05 Å². The minimum Gasteiger partial charge on any atom is -0.339 e. The SMILES string of the molecule is CNCc1nc(C)sc1C1(C)CNCC1C(=O)N1CCC(c2ccccc2)CC1C1CCCCC1. The molecule has 5 rings (SSSR count). The molecule has 1 aromatic heterocycles. The van der Waals surface area contributed by atoms with Crippen molar-refractivity contribution >= 4 is 17.2 Å². The Bertz CT molecular complexity index is 1000. The zero-order valence-electron chi connectivity index (χ0n) is 21.7. The molecule has 35 heavy (non-hydrogen) atoms. The maximum Gasteiger partial charge on any atom is 0.228 e. The monoisotopic (exact) mass is 494 g/mol. The molecule has 3 aliphatic rings. The maximum atomic E-state index is 14.4. The first kappa shape index (κ1) is 24.9. The fraction of sp³-hybridized carbons (Fsp3) is 0.655. The van der Waals surface area contributed by atoms with E-state index < -0.39 is 0 Å². The second-order valence-electron chi connectivity index (χ2n) is 11.3. The Kier molecular flexibility index (Phi) is 7.61. The van der Waals surface area contributed by atoms with Gasteiger partial charge in [0.2, 0.25) is 5.91 Å². The number of carbonyl (C=O) groups is 1. The van der Waals surface area contributed by atoms with Crippen LogP contribution in [0.1, 0.15) is 78.9 Å². The molecule has 190 valence electrons. The highest BCUT2D eigenvalue weighted by atomic mass is 32.1. The van der Waals surface area contributed by atoms with Gasteiger partial charge in [0.05, 0.1) is 16.6 Å². The van der Waals surface area contributed by atoms with E-state index in [9.17, 15) is 4.79 Å². The smallest absolute Gasteiger partial charge is 0.228 e. The molecule has 2 aliphatic heterocycles. The van der Waals surface area contributed by atoms with Crippen molar-refractivity contribution in [2.45, 2.75) is 82.7 Å². The molecule has 2 saturated heterocycles. The molecule has 0 spiro atoms. The van der Waals surface area contributed by atoms with Gasteiger partial charge in [-0.2, -0.15) is 0 Å². The highest BCUT2D eigenvalue weighted by Gasteiger charge is 2.50. The first-order valence-corrected chi connectivity index (χ1v) is 14.5. The van der Waals surface area contributed by atoms with Gasteiger partial charge >= 0.3 is 0 Å². The van der Waals surface area contributed by atoms with Crippen molar-refractivity contribution in [2.24, 2.45) is 11.8 Å². The van der Waals surface area contributed by atoms with E-state index in [-0.39, 0.29) is 11.3 Å². The van der Waals surface area contributed by atoms with Gasteiger partial charge < -0.3 is 15.5 Å². The van der Waals surface area contributed by atoms with Gasteiger partial charge in [-0.3, -0.25) is 4.79 Å². The lowest BCUT2D eigenvalue weighted by Gasteiger charge is -2.46. The molecule has 4 unspecified atom stereocenters. The predicted molar refractivity (Wildman–Crippen MR) is 144 cm³/mol. The van der Waals surface area contributed by atoms with Crippen LogP contribution in [0, 0.1) is 18.8 Å². The van der Waals surface area contributed by atoms with Crippen LogP contribution < -0.4 is 10.6 Å². The van der Waals surface area contributed by atoms with Crippen LogP contribution in [0.25, 0.3) is 0 Å². The topological polar surface area (TPSA) is 57.3 Å². The number of piperidine rings is 1. The van der Waals surface area contributed by atoms with E-state index in [4.69, 9.17) is 4.98 Å². The summed E-state index contributed by atoms with van der Waals surface area (Å²) in [6, 6.07) is 11.4. The number of aromatic nitrogens is 1. The van der Waals surface area contributed by atoms with E-state index in [1.54, 1.807) is 11.3 Å². The molecule has 6 heteroatoms. The first-order chi connectivity index (χ1) is 17.0. The fourth-order valence-corrected chi connectivity index (χ4v) is 8.23. The Morgan fingerprint density at radius 3 is 2.71 bits per heavy atom. The third-order valence-electron chi connectivity index (χ3n) is 8.97. The quantitative estimate of drug-likeness (QED) is 0.593. The standard InChI is InChI=1S/C29H42N4OS/c1-20-32-25(18-30-3)27(35-20)29(2)19-31-17-24(29)28(34)33-15-14-23(21-10-6-4-7-11-21)16-26(33)22-12-8-5-9-13-22/h4,6-7,10-11,22-24,26,30-31H,5,8-9,12-19H2,1-3H3. The molecule has 3 heterocycles. The molecule has 0 radical (unpaired) electrons. The molecule has 1 saturated carbocycles. The van der Waals surface area contributed by atoms with Crippen LogP contribution in [0.3, 0.4) is 0 Å². The third-order valence-corrected chi connectivity index (χ3v) is 10.3. The summed E-state index contributed by atoms with van der Waals surface area (Å²) in [6.07, 6.45) is 8.71. The zero-order chi connectivity index (χ0) is 24.4. The van der Waals surface area contributed by atoms with E-state index in [2.05, 4.69) is 59.7 Å². The van der Waals surface area contributed by atoms with Crippen molar-refractivity contribution in [3.63, 3.8) is 0 Å². The lowest BCUT2D eigenvalue weighted by atomic mass is 9.73. The van der Waals surface area contributed by atoms with Gasteiger partial charge in [0, 0.05) is 42.5 Å². The lowest BCUT2D eigenvalue weighted by molar-refractivity contribution is -0.142. The van der Waals surface area contributed by atoms with Gasteiger partial charge in [-0.15, -0.1) is 11.3 Å². The summed E-state index contributed by atoms with van der Waals surface area (Å²) in [7, 11) is 1.97. The second kappa shape index (κ2) is 10.7. The zero-order valence-corrected chi connectivity index (χ0v) is 22.5. The Hall–Kier alpha value is -1.76. The molecule has 0 bridgehead atoms. The molecule has 3 fully saturated rings. The Morgan fingerprint density at radius 2 is 1.97 bits per heavy atom. The van der Waals surface area contributed by atoms with E-state index in [1.165, 1.54) is 42.5 Å².